The van der Waals surface area contributed by atoms with Crippen LogP contribution in [-0.4, -0.2) is 136 Å². The number of aliphatic carboxylic acids is 1. The molecule has 2 aromatic rings. The number of carbonyl (C=O) groups excluding carboxylic acids is 6. The van der Waals surface area contributed by atoms with Crippen LogP contribution in [0.1, 0.15) is 51.0 Å². The Labute approximate surface area is 364 Å². The predicted octanol–water partition coefficient (Wildman–Crippen LogP) is -2.15. The van der Waals surface area contributed by atoms with Crippen LogP contribution in [0.5, 0.6) is 0 Å². The van der Waals surface area contributed by atoms with Gasteiger partial charge in [0.05, 0.1) is 6.04 Å². The normalized spacial score (nSPS) is 14.6. The Morgan fingerprint density at radius 3 is 1.77 bits per heavy atom. The van der Waals surface area contributed by atoms with Crippen LogP contribution < -0.4 is 54.8 Å². The maximum absolute atomic E-state index is 14.2. The third kappa shape index (κ3) is 17.5. The molecule has 0 saturated heterocycles. The van der Waals surface area contributed by atoms with Crippen LogP contribution in [0.4, 0.5) is 0 Å². The number of benzene rings is 1. The number of aromatic nitrogens is 1. The van der Waals surface area contributed by atoms with E-state index in [0.717, 1.165) is 10.9 Å². The summed E-state index contributed by atoms with van der Waals surface area (Å²) in [5, 5.41) is 26.0. The SMILES string of the molecule is CSCC[C@H](NC(=O)[C@H](CS)NC(=O)[C@H](Cc1c[nH]c2ccccc12)NC(=O)[C@H](CCCN=C(N)N)NC(=O)[C@H](CS)NC(=O)[C@H](CCCCN)NC(=O)[C@H](C)N)C(=O)O. The van der Waals surface area contributed by atoms with Gasteiger partial charge in [-0.15, -0.1) is 0 Å². The molecule has 20 nitrogen and oxygen atoms in total. The molecule has 0 fully saturated rings. The van der Waals surface area contributed by atoms with E-state index < -0.39 is 83.7 Å². The summed E-state index contributed by atoms with van der Waals surface area (Å²) in [5.41, 5.74) is 23.7. The smallest absolute Gasteiger partial charge is 0.326 e. The first-order valence-corrected chi connectivity index (χ1v) is 22.0. The highest BCUT2D eigenvalue weighted by molar-refractivity contribution is 7.98. The lowest BCUT2D eigenvalue weighted by molar-refractivity contribution is -0.142. The Kier molecular flexibility index (Phi) is 23.3. The van der Waals surface area contributed by atoms with Crippen molar-refractivity contribution in [3.8, 4) is 0 Å². The van der Waals surface area contributed by atoms with Gasteiger partial charge in [-0.2, -0.15) is 37.0 Å². The molecule has 7 atom stereocenters. The number of guanidine groups is 1. The highest BCUT2D eigenvalue weighted by Crippen LogP contribution is 2.19. The van der Waals surface area contributed by atoms with Gasteiger partial charge in [0.2, 0.25) is 35.4 Å². The van der Waals surface area contributed by atoms with Crippen LogP contribution >= 0.6 is 37.0 Å². The molecule has 1 aromatic carbocycles. The number of rotatable bonds is 28. The van der Waals surface area contributed by atoms with E-state index >= 15 is 0 Å². The number of carbonyl (C=O) groups is 7. The van der Waals surface area contributed by atoms with E-state index in [1.807, 2.05) is 18.2 Å². The topological polar surface area (TPSA) is 344 Å². The summed E-state index contributed by atoms with van der Waals surface area (Å²) in [6, 6.07) is -1.08. The molecular formula is C37H60N12O8S3. The fourth-order valence-electron chi connectivity index (χ4n) is 5.81. The first-order chi connectivity index (χ1) is 28.6. The molecule has 1 aromatic heterocycles. The Morgan fingerprint density at radius 1 is 0.733 bits per heavy atom. The molecule has 16 N–H and O–H groups in total. The van der Waals surface area contributed by atoms with Crippen LogP contribution in [-0.2, 0) is 40.0 Å². The highest BCUT2D eigenvalue weighted by Gasteiger charge is 2.33. The minimum atomic E-state index is -1.33. The third-order valence-electron chi connectivity index (χ3n) is 9.16. The number of amides is 6. The standard InChI is InChI=1S/C37H60N12O8S3/c1-20(39)30(50)44-24(10-5-6-13-38)32(52)48-28(18-58)34(54)45-25(11-7-14-42-37(40)41)31(51)47-27(16-21-17-43-23-9-4-3-8-22(21)23)33(53)49-29(19-59)35(55)46-26(36(56)57)12-15-60-2/h3-4,8-9,17,20,24-29,43,58-59H,5-7,10-16,18-19,38-39H2,1-2H3,(H,44,50)(H,45,54)(H,46,55)(H,47,51)(H,48,52)(H,49,53)(H,56,57)(H4,40,41,42)/t20-,24-,25-,26-,27-,28-,29-/m0/s1. The Bertz CT molecular complexity index is 1780. The number of nitrogens with zero attached hydrogens (tertiary/aromatic N) is 1. The summed E-state index contributed by atoms with van der Waals surface area (Å²) < 4.78 is 0. The number of thiol groups is 2. The van der Waals surface area contributed by atoms with Crippen molar-refractivity contribution in [1.82, 2.24) is 36.9 Å². The number of aromatic amines is 1. The van der Waals surface area contributed by atoms with Crippen LogP contribution in [0.15, 0.2) is 35.5 Å². The van der Waals surface area contributed by atoms with Crippen LogP contribution in [0.25, 0.3) is 10.9 Å². The second-order valence-corrected chi connectivity index (χ2v) is 15.7. The average molecular weight is 897 g/mol. The van der Waals surface area contributed by atoms with E-state index in [9.17, 15) is 38.7 Å². The second-order valence-electron chi connectivity index (χ2n) is 13.9. The minimum absolute atomic E-state index is 0.0243. The average Bonchev–Trinajstić information content (AvgIpc) is 3.62. The second kappa shape index (κ2) is 27.2. The molecule has 334 valence electrons. The highest BCUT2D eigenvalue weighted by atomic mass is 32.2. The molecule has 0 spiro atoms. The summed E-state index contributed by atoms with van der Waals surface area (Å²) >= 11 is 9.90. The predicted molar refractivity (Wildman–Crippen MR) is 238 cm³/mol. The maximum atomic E-state index is 14.2. The van der Waals surface area contributed by atoms with Gasteiger partial charge < -0.3 is 64.9 Å². The quantitative estimate of drug-likeness (QED) is 0.0188. The zero-order chi connectivity index (χ0) is 44.8. The zero-order valence-electron chi connectivity index (χ0n) is 33.8. The van der Waals surface area contributed by atoms with Gasteiger partial charge in [-0.3, -0.25) is 33.8 Å². The number of nitrogens with one attached hydrogen (secondary N) is 7. The van der Waals surface area contributed by atoms with Crippen molar-refractivity contribution in [3.63, 3.8) is 0 Å². The van der Waals surface area contributed by atoms with Crippen LogP contribution in [0.2, 0.25) is 0 Å². The van der Waals surface area contributed by atoms with Gasteiger partial charge in [-0.25, -0.2) is 4.79 Å². The van der Waals surface area contributed by atoms with Gasteiger partial charge in [0, 0.05) is 41.6 Å². The van der Waals surface area contributed by atoms with Crippen molar-refractivity contribution in [2.24, 2.45) is 27.9 Å². The Hall–Kier alpha value is -4.71. The van der Waals surface area contributed by atoms with Crippen molar-refractivity contribution in [2.75, 3.05) is 36.6 Å². The molecule has 2 rings (SSSR count). The molecule has 0 aliphatic rings. The molecular weight excluding hydrogens is 837 g/mol. The van der Waals surface area contributed by atoms with Gasteiger partial charge in [0.15, 0.2) is 5.96 Å². The number of para-hydroxylation sites is 1. The molecule has 0 aliphatic carbocycles. The van der Waals surface area contributed by atoms with Crippen molar-refractivity contribution in [2.45, 2.75) is 94.2 Å². The van der Waals surface area contributed by atoms with Crippen LogP contribution in [0, 0.1) is 0 Å². The summed E-state index contributed by atoms with van der Waals surface area (Å²) in [5.74, 6) is -5.79. The Balaban J connectivity index is 2.42. The van der Waals surface area contributed by atoms with Gasteiger partial charge in [0.1, 0.15) is 36.3 Å². The lowest BCUT2D eigenvalue weighted by atomic mass is 10.0. The van der Waals surface area contributed by atoms with Gasteiger partial charge >= 0.3 is 5.97 Å². The van der Waals surface area contributed by atoms with E-state index in [1.165, 1.54) is 18.7 Å². The molecule has 60 heavy (non-hydrogen) atoms. The molecule has 0 unspecified atom stereocenters. The zero-order valence-corrected chi connectivity index (χ0v) is 36.4. The first kappa shape index (κ1) is 51.4. The maximum Gasteiger partial charge on any atom is 0.326 e. The molecule has 0 aliphatic heterocycles. The number of nitrogens with two attached hydrogens (primary N) is 4. The molecule has 0 radical (unpaired) electrons. The Morgan fingerprint density at radius 2 is 1.23 bits per heavy atom. The number of hydrogen-bond acceptors (Lipinski definition) is 13. The molecule has 0 bridgehead atoms. The van der Waals surface area contributed by atoms with E-state index in [0.29, 0.717) is 30.7 Å². The summed E-state index contributed by atoms with van der Waals surface area (Å²) in [7, 11) is 0. The van der Waals surface area contributed by atoms with E-state index in [-0.39, 0.29) is 56.1 Å². The number of carboxylic acids is 1. The first-order valence-electron chi connectivity index (χ1n) is 19.4. The number of unbranched alkanes of at least 4 members (excludes halogenated alkanes) is 1. The number of hydrogen-bond donors (Lipinski definition) is 14. The summed E-state index contributed by atoms with van der Waals surface area (Å²) in [6.45, 7) is 1.91. The number of aliphatic imine (C=N–C) groups is 1. The largest absolute Gasteiger partial charge is 0.480 e. The lowest BCUT2D eigenvalue weighted by Gasteiger charge is -2.27. The molecule has 6 amide bonds. The number of thioether (sulfide) groups is 1. The van der Waals surface area contributed by atoms with Crippen LogP contribution in [0.3, 0.4) is 0 Å². The monoisotopic (exact) mass is 896 g/mol. The minimum Gasteiger partial charge on any atom is -0.480 e. The van der Waals surface area contributed by atoms with Crippen molar-refractivity contribution in [3.05, 3.63) is 36.0 Å². The number of carboxylic acid groups (broad SMARTS) is 1. The van der Waals surface area contributed by atoms with Crippen molar-refractivity contribution in [1.29, 1.82) is 0 Å². The fraction of sp³-hybridized carbons (Fsp3) is 0.568. The third-order valence-corrected chi connectivity index (χ3v) is 10.5. The summed E-state index contributed by atoms with van der Waals surface area (Å²) in [6.07, 6.45) is 5.01. The number of H-pyrrole nitrogens is 1. The van der Waals surface area contributed by atoms with E-state index in [2.05, 4.69) is 67.1 Å². The van der Waals surface area contributed by atoms with Gasteiger partial charge in [-0.1, -0.05) is 18.2 Å². The summed E-state index contributed by atoms with van der Waals surface area (Å²) in [4.78, 5) is 99.8. The van der Waals surface area contributed by atoms with E-state index in [1.54, 1.807) is 18.5 Å². The molecule has 1 heterocycles. The van der Waals surface area contributed by atoms with Crippen molar-refractivity contribution >= 4 is 95.3 Å². The number of fused-ring (bicyclic) bond motifs is 1. The van der Waals surface area contributed by atoms with Gasteiger partial charge in [0.25, 0.3) is 0 Å². The van der Waals surface area contributed by atoms with Crippen molar-refractivity contribution < 1.29 is 38.7 Å². The molecule has 23 heteroatoms. The lowest BCUT2D eigenvalue weighted by Crippen LogP contribution is -2.60. The molecule has 0 saturated carbocycles. The van der Waals surface area contributed by atoms with E-state index in [4.69, 9.17) is 22.9 Å². The van der Waals surface area contributed by atoms with Gasteiger partial charge in [-0.05, 0) is 75.6 Å². The fourth-order valence-corrected chi connectivity index (χ4v) is 6.80.